The molecule has 30 heavy (non-hydrogen) atoms. The highest BCUT2D eigenvalue weighted by molar-refractivity contribution is 6.31. The number of aromatic nitrogens is 3. The molecule has 0 aliphatic carbocycles. The molecule has 0 saturated carbocycles. The number of anilines is 2. The Bertz CT molecular complexity index is 1070. The zero-order valence-corrected chi connectivity index (χ0v) is 17.2. The number of imidazole rings is 1. The van der Waals surface area contributed by atoms with Gasteiger partial charge in [-0.1, -0.05) is 18.0 Å². The third-order valence-corrected chi connectivity index (χ3v) is 5.72. The van der Waals surface area contributed by atoms with Crippen LogP contribution in [0.3, 0.4) is 0 Å². The summed E-state index contributed by atoms with van der Waals surface area (Å²) >= 11 is 5.79. The Kier molecular flexibility index (Phi) is 5.85. The Morgan fingerprint density at radius 2 is 2.27 bits per heavy atom. The molecule has 3 aromatic rings. The van der Waals surface area contributed by atoms with E-state index in [1.807, 2.05) is 0 Å². The van der Waals surface area contributed by atoms with Gasteiger partial charge in [0, 0.05) is 24.3 Å². The number of likely N-dealkylation sites (tertiary alicyclic amines) is 1. The minimum absolute atomic E-state index is 0.139. The number of likely N-dealkylation sites (N-methyl/N-ethyl adjacent to an activating group) is 1. The van der Waals surface area contributed by atoms with E-state index < -0.39 is 5.82 Å². The highest BCUT2D eigenvalue weighted by Crippen LogP contribution is 2.25. The van der Waals surface area contributed by atoms with Gasteiger partial charge in [-0.05, 0) is 50.7 Å². The Labute approximate surface area is 178 Å². The lowest BCUT2D eigenvalue weighted by atomic mass is 10.0. The number of fused-ring (bicyclic) bond motifs is 1. The molecule has 1 aliphatic rings. The lowest BCUT2D eigenvalue weighted by Crippen LogP contribution is -2.40. The van der Waals surface area contributed by atoms with Crippen molar-refractivity contribution in [3.05, 3.63) is 46.9 Å². The molecule has 1 aromatic carbocycles. The van der Waals surface area contributed by atoms with E-state index in [0.717, 1.165) is 25.6 Å². The summed E-state index contributed by atoms with van der Waals surface area (Å²) in [5.74, 6) is -0.252. The number of hydrogen-bond donors (Lipinski definition) is 4. The highest BCUT2D eigenvalue weighted by Gasteiger charge is 2.21. The summed E-state index contributed by atoms with van der Waals surface area (Å²) in [5.41, 5.74) is 1.53. The molecule has 1 aliphatic heterocycles. The molecule has 4 rings (SSSR count). The highest BCUT2D eigenvalue weighted by atomic mass is 35.5. The van der Waals surface area contributed by atoms with Gasteiger partial charge in [-0.25, -0.2) is 14.4 Å². The largest absolute Gasteiger partial charge is 0.354 e. The Morgan fingerprint density at radius 1 is 1.43 bits per heavy atom. The van der Waals surface area contributed by atoms with Gasteiger partial charge in [0.25, 0.3) is 0 Å². The first-order chi connectivity index (χ1) is 14.4. The lowest BCUT2D eigenvalue weighted by molar-refractivity contribution is 0.194. The molecule has 0 amide bonds. The SMILES string of the molecule is CN1CCCCC1CNc1nc2nccc(C(=N)N(O)c3ccc(F)c(Cl)c3)c2[nH]1. The van der Waals surface area contributed by atoms with E-state index in [1.54, 1.807) is 6.07 Å². The number of pyridine rings is 1. The number of H-pyrrole nitrogens is 1. The number of nitrogens with one attached hydrogen (secondary N) is 3. The van der Waals surface area contributed by atoms with Crippen LogP contribution in [-0.4, -0.2) is 57.1 Å². The summed E-state index contributed by atoms with van der Waals surface area (Å²) in [6.45, 7) is 1.85. The van der Waals surface area contributed by atoms with Gasteiger partial charge in [-0.15, -0.1) is 0 Å². The van der Waals surface area contributed by atoms with Gasteiger partial charge in [0.1, 0.15) is 5.82 Å². The predicted octanol–water partition coefficient (Wildman–Crippen LogP) is 3.87. The summed E-state index contributed by atoms with van der Waals surface area (Å²) in [4.78, 5) is 14.2. The van der Waals surface area contributed by atoms with E-state index in [2.05, 4.69) is 32.2 Å². The van der Waals surface area contributed by atoms with Crippen molar-refractivity contribution >= 4 is 40.2 Å². The molecular formula is C20H23ClFN7O. The van der Waals surface area contributed by atoms with Crippen molar-refractivity contribution in [1.29, 1.82) is 5.41 Å². The monoisotopic (exact) mass is 431 g/mol. The number of piperidine rings is 1. The molecule has 1 fully saturated rings. The van der Waals surface area contributed by atoms with Crippen molar-refractivity contribution in [1.82, 2.24) is 19.9 Å². The third kappa shape index (κ3) is 4.09. The number of hydroxylamine groups is 1. The Hall–Kier alpha value is -2.75. The van der Waals surface area contributed by atoms with Crippen molar-refractivity contribution in [2.24, 2.45) is 0 Å². The van der Waals surface area contributed by atoms with Gasteiger partial charge in [0.15, 0.2) is 11.5 Å². The second-order valence-electron chi connectivity index (χ2n) is 7.41. The summed E-state index contributed by atoms with van der Waals surface area (Å²) < 4.78 is 13.4. The zero-order chi connectivity index (χ0) is 21.3. The van der Waals surface area contributed by atoms with E-state index >= 15 is 0 Å². The molecule has 8 nitrogen and oxygen atoms in total. The van der Waals surface area contributed by atoms with Crippen LogP contribution >= 0.6 is 11.6 Å². The molecule has 1 atom stereocenters. The topological polar surface area (TPSA) is 104 Å². The van der Waals surface area contributed by atoms with E-state index in [-0.39, 0.29) is 16.5 Å². The second kappa shape index (κ2) is 8.55. The molecule has 0 bridgehead atoms. The fraction of sp³-hybridized carbons (Fsp3) is 0.350. The maximum Gasteiger partial charge on any atom is 0.202 e. The summed E-state index contributed by atoms with van der Waals surface area (Å²) in [7, 11) is 2.13. The smallest absolute Gasteiger partial charge is 0.202 e. The third-order valence-electron chi connectivity index (χ3n) is 5.43. The molecule has 158 valence electrons. The number of amidine groups is 1. The fourth-order valence-corrected chi connectivity index (χ4v) is 3.84. The number of benzene rings is 1. The van der Waals surface area contributed by atoms with E-state index in [9.17, 15) is 9.60 Å². The molecule has 10 heteroatoms. The van der Waals surface area contributed by atoms with Gasteiger partial charge in [-0.3, -0.25) is 10.6 Å². The van der Waals surface area contributed by atoms with Crippen molar-refractivity contribution in [3.63, 3.8) is 0 Å². The van der Waals surface area contributed by atoms with Crippen LogP contribution in [0.25, 0.3) is 11.2 Å². The molecule has 1 unspecified atom stereocenters. The van der Waals surface area contributed by atoms with E-state index in [0.29, 0.717) is 33.8 Å². The normalized spacial score (nSPS) is 17.3. The van der Waals surface area contributed by atoms with E-state index in [1.165, 1.54) is 31.2 Å². The van der Waals surface area contributed by atoms with E-state index in [4.69, 9.17) is 17.0 Å². The first-order valence-corrected chi connectivity index (χ1v) is 10.1. The van der Waals surface area contributed by atoms with Gasteiger partial charge < -0.3 is 15.2 Å². The maximum atomic E-state index is 13.4. The summed E-state index contributed by atoms with van der Waals surface area (Å²) in [6.07, 6.45) is 5.11. The van der Waals surface area contributed by atoms with Gasteiger partial charge >= 0.3 is 0 Å². The predicted molar refractivity (Wildman–Crippen MR) is 115 cm³/mol. The average Bonchev–Trinajstić information content (AvgIpc) is 3.17. The van der Waals surface area contributed by atoms with Crippen LogP contribution in [0.4, 0.5) is 16.0 Å². The van der Waals surface area contributed by atoms with Crippen LogP contribution in [0.2, 0.25) is 5.02 Å². The minimum atomic E-state index is -0.598. The van der Waals surface area contributed by atoms with Crippen molar-refractivity contribution in [3.8, 4) is 0 Å². The van der Waals surface area contributed by atoms with Crippen molar-refractivity contribution in [2.75, 3.05) is 30.5 Å². The van der Waals surface area contributed by atoms with Crippen LogP contribution in [0.1, 0.15) is 24.8 Å². The number of halogens is 2. The quantitative estimate of drug-likeness (QED) is 0.278. The lowest BCUT2D eigenvalue weighted by Gasteiger charge is -2.32. The first kappa shape index (κ1) is 20.5. The van der Waals surface area contributed by atoms with Gasteiger partial charge in [0.2, 0.25) is 5.95 Å². The van der Waals surface area contributed by atoms with Crippen molar-refractivity contribution in [2.45, 2.75) is 25.3 Å². The second-order valence-corrected chi connectivity index (χ2v) is 7.82. The summed E-state index contributed by atoms with van der Waals surface area (Å²) in [5, 5.41) is 22.7. The van der Waals surface area contributed by atoms with Crippen LogP contribution in [-0.2, 0) is 0 Å². The van der Waals surface area contributed by atoms with Crippen LogP contribution in [0.15, 0.2) is 30.5 Å². The molecule has 1 saturated heterocycles. The molecule has 0 spiro atoms. The molecular weight excluding hydrogens is 409 g/mol. The van der Waals surface area contributed by atoms with Gasteiger partial charge in [-0.2, -0.15) is 4.98 Å². The van der Waals surface area contributed by atoms with Gasteiger partial charge in [0.05, 0.1) is 16.2 Å². The molecule has 0 radical (unpaired) electrons. The average molecular weight is 432 g/mol. The number of nitrogens with zero attached hydrogens (tertiary/aromatic N) is 4. The zero-order valence-electron chi connectivity index (χ0n) is 16.5. The van der Waals surface area contributed by atoms with Crippen LogP contribution < -0.4 is 10.4 Å². The molecule has 2 aromatic heterocycles. The fourth-order valence-electron chi connectivity index (χ4n) is 3.67. The maximum absolute atomic E-state index is 13.4. The molecule has 4 N–H and O–H groups in total. The minimum Gasteiger partial charge on any atom is -0.354 e. The Morgan fingerprint density at radius 3 is 3.03 bits per heavy atom. The standard InChI is InChI=1S/C20H23ClFN7O/c1-28-9-3-2-4-13(28)11-25-20-26-17-14(7-8-24-19(17)27-20)18(23)29(30)12-5-6-16(22)15(21)10-12/h5-8,10,13,23,30H,2-4,9,11H2,1H3,(H2,24,25,26,27). The van der Waals surface area contributed by atoms with Crippen LogP contribution in [0, 0.1) is 11.2 Å². The molecule has 3 heterocycles. The van der Waals surface area contributed by atoms with Crippen molar-refractivity contribution < 1.29 is 9.60 Å². The number of aromatic amines is 1. The summed E-state index contributed by atoms with van der Waals surface area (Å²) in [6, 6.07) is 5.78. The number of rotatable bonds is 5. The Balaban J connectivity index is 1.55. The first-order valence-electron chi connectivity index (χ1n) is 9.76. The van der Waals surface area contributed by atoms with Crippen LogP contribution in [0.5, 0.6) is 0 Å². The number of hydrogen-bond acceptors (Lipinski definition) is 6.